The van der Waals surface area contributed by atoms with Gasteiger partial charge < -0.3 is 0 Å². The van der Waals surface area contributed by atoms with Gasteiger partial charge in [0.1, 0.15) is 0 Å². The third kappa shape index (κ3) is 2.38. The maximum Gasteiger partial charge on any atom is 0.276 e. The van der Waals surface area contributed by atoms with Gasteiger partial charge in [-0.25, -0.2) is 0 Å². The summed E-state index contributed by atoms with van der Waals surface area (Å²) in [7, 11) is 1.51. The van der Waals surface area contributed by atoms with Crippen molar-refractivity contribution in [2.45, 2.75) is 6.92 Å². The van der Waals surface area contributed by atoms with Crippen molar-refractivity contribution >= 4 is 17.1 Å². The first-order valence-corrected chi connectivity index (χ1v) is 4.33. The van der Waals surface area contributed by atoms with E-state index >= 15 is 0 Å². The molecule has 0 fully saturated rings. The van der Waals surface area contributed by atoms with E-state index in [2.05, 4.69) is 4.99 Å². The predicted molar refractivity (Wildman–Crippen MR) is 57.9 cm³/mol. The fourth-order valence-electron chi connectivity index (χ4n) is 1.14. The summed E-state index contributed by atoms with van der Waals surface area (Å²) in [5.41, 5.74) is 0.259. The largest absolute Gasteiger partial charge is 0.293 e. The molecule has 0 spiro atoms. The van der Waals surface area contributed by atoms with Crippen molar-refractivity contribution in [2.24, 2.45) is 4.99 Å². The zero-order valence-corrected chi connectivity index (χ0v) is 8.71. The molecule has 0 N–H and O–H groups in total. The van der Waals surface area contributed by atoms with Crippen LogP contribution in [0.15, 0.2) is 23.2 Å². The molecule has 16 heavy (non-hydrogen) atoms. The van der Waals surface area contributed by atoms with Gasteiger partial charge >= 0.3 is 0 Å². The summed E-state index contributed by atoms with van der Waals surface area (Å²) < 4.78 is 0. The van der Waals surface area contributed by atoms with Crippen molar-refractivity contribution in [2.75, 3.05) is 7.05 Å². The van der Waals surface area contributed by atoms with Gasteiger partial charge in [0.25, 0.3) is 11.4 Å². The molecule has 0 aliphatic carbocycles. The van der Waals surface area contributed by atoms with Gasteiger partial charge in [-0.3, -0.25) is 25.2 Å². The highest BCUT2D eigenvalue weighted by Crippen LogP contribution is 2.22. The van der Waals surface area contributed by atoms with E-state index in [0.29, 0.717) is 11.3 Å². The summed E-state index contributed by atoms with van der Waals surface area (Å²) in [6.07, 6.45) is 0. The first kappa shape index (κ1) is 11.8. The number of hydrogen-bond donors (Lipinski definition) is 0. The van der Waals surface area contributed by atoms with Crippen LogP contribution < -0.4 is 0 Å². The standard InChI is InChI=1S/C9H9N3O4/c1-6(10-2)7-3-8(11(13)14)5-9(4-7)12(15)16/h3-5H,1-2H3/b10-6+. The first-order valence-electron chi connectivity index (χ1n) is 4.33. The number of non-ortho nitro benzene ring substituents is 2. The molecule has 0 aliphatic rings. The van der Waals surface area contributed by atoms with Crippen LogP contribution in [0.3, 0.4) is 0 Å². The molecular formula is C9H9N3O4. The van der Waals surface area contributed by atoms with Crippen molar-refractivity contribution in [3.05, 3.63) is 44.0 Å². The molecule has 7 heteroatoms. The average Bonchev–Trinajstić information content (AvgIpc) is 2.27. The Kier molecular flexibility index (Phi) is 3.29. The van der Waals surface area contributed by atoms with Crippen molar-refractivity contribution in [1.29, 1.82) is 0 Å². The number of aliphatic imine (C=N–C) groups is 1. The Morgan fingerprint density at radius 1 is 1.12 bits per heavy atom. The van der Waals surface area contributed by atoms with Gasteiger partial charge in [-0.1, -0.05) is 0 Å². The van der Waals surface area contributed by atoms with Crippen molar-refractivity contribution < 1.29 is 9.85 Å². The van der Waals surface area contributed by atoms with Gasteiger partial charge in [0.05, 0.1) is 15.9 Å². The summed E-state index contributed by atoms with van der Waals surface area (Å²) in [5.74, 6) is 0. The summed E-state index contributed by atoms with van der Waals surface area (Å²) in [5, 5.41) is 21.2. The second-order valence-electron chi connectivity index (χ2n) is 3.06. The summed E-state index contributed by atoms with van der Waals surface area (Å²) in [6, 6.07) is 3.44. The smallest absolute Gasteiger partial charge is 0.276 e. The molecule has 0 radical (unpaired) electrons. The van der Waals surface area contributed by atoms with Gasteiger partial charge in [-0.15, -0.1) is 0 Å². The third-order valence-electron chi connectivity index (χ3n) is 2.08. The highest BCUT2D eigenvalue weighted by Gasteiger charge is 2.17. The van der Waals surface area contributed by atoms with Gasteiger partial charge in [0.2, 0.25) is 0 Å². The molecule has 0 aliphatic heterocycles. The average molecular weight is 223 g/mol. The fourth-order valence-corrected chi connectivity index (χ4v) is 1.14. The van der Waals surface area contributed by atoms with E-state index in [1.165, 1.54) is 19.2 Å². The minimum Gasteiger partial charge on any atom is -0.293 e. The Hall–Kier alpha value is -2.31. The second kappa shape index (κ2) is 4.47. The molecule has 1 rings (SSSR count). The van der Waals surface area contributed by atoms with Crippen LogP contribution in [0.4, 0.5) is 11.4 Å². The Labute approximate surface area is 90.7 Å². The second-order valence-corrected chi connectivity index (χ2v) is 3.06. The van der Waals surface area contributed by atoms with Crippen LogP contribution >= 0.6 is 0 Å². The Morgan fingerprint density at radius 2 is 1.56 bits per heavy atom. The number of benzene rings is 1. The highest BCUT2D eigenvalue weighted by atomic mass is 16.6. The van der Waals surface area contributed by atoms with Gasteiger partial charge in [-0.2, -0.15) is 0 Å². The van der Waals surface area contributed by atoms with E-state index in [1.54, 1.807) is 6.92 Å². The third-order valence-corrected chi connectivity index (χ3v) is 2.08. The number of hydrogen-bond acceptors (Lipinski definition) is 5. The summed E-state index contributed by atoms with van der Waals surface area (Å²) in [6.45, 7) is 1.63. The van der Waals surface area contributed by atoms with Crippen LogP contribution in [0.25, 0.3) is 0 Å². The summed E-state index contributed by atoms with van der Waals surface area (Å²) in [4.78, 5) is 23.7. The van der Waals surface area contributed by atoms with Crippen LogP contribution in [-0.2, 0) is 0 Å². The predicted octanol–water partition coefficient (Wildman–Crippen LogP) is 1.94. The molecule has 0 bridgehead atoms. The minimum absolute atomic E-state index is 0.313. The van der Waals surface area contributed by atoms with E-state index in [9.17, 15) is 20.2 Å². The highest BCUT2D eigenvalue weighted by molar-refractivity contribution is 5.99. The maximum atomic E-state index is 10.6. The quantitative estimate of drug-likeness (QED) is 0.444. The topological polar surface area (TPSA) is 98.6 Å². The van der Waals surface area contributed by atoms with Crippen LogP contribution in [0, 0.1) is 20.2 Å². The molecular weight excluding hydrogens is 214 g/mol. The molecule has 84 valence electrons. The van der Waals surface area contributed by atoms with Crippen molar-refractivity contribution in [3.63, 3.8) is 0 Å². The molecule has 0 saturated carbocycles. The lowest BCUT2D eigenvalue weighted by atomic mass is 10.1. The van der Waals surface area contributed by atoms with Gasteiger partial charge in [-0.05, 0) is 6.92 Å². The van der Waals surface area contributed by atoms with E-state index in [1.807, 2.05) is 0 Å². The lowest BCUT2D eigenvalue weighted by Gasteiger charge is -2.00. The lowest BCUT2D eigenvalue weighted by molar-refractivity contribution is -0.394. The number of rotatable bonds is 3. The van der Waals surface area contributed by atoms with E-state index in [-0.39, 0.29) is 11.4 Å². The number of nitro benzene ring substituents is 2. The van der Waals surface area contributed by atoms with Crippen LogP contribution in [0.2, 0.25) is 0 Å². The van der Waals surface area contributed by atoms with Crippen LogP contribution in [0.5, 0.6) is 0 Å². The molecule has 7 nitrogen and oxygen atoms in total. The van der Waals surface area contributed by atoms with Gasteiger partial charge in [0.15, 0.2) is 0 Å². The Bertz CT molecular complexity index is 449. The molecule has 0 saturated heterocycles. The van der Waals surface area contributed by atoms with Crippen molar-refractivity contribution in [1.82, 2.24) is 0 Å². The number of nitro groups is 2. The molecule has 0 unspecified atom stereocenters. The van der Waals surface area contributed by atoms with Gasteiger partial charge in [0, 0.05) is 30.5 Å². The van der Waals surface area contributed by atoms with Crippen molar-refractivity contribution in [3.8, 4) is 0 Å². The SMILES string of the molecule is C/N=C(\C)c1cc([N+](=O)[O-])cc([N+](=O)[O-])c1. The molecule has 1 aromatic carbocycles. The molecule has 0 heterocycles. The lowest BCUT2D eigenvalue weighted by Crippen LogP contribution is -1.99. The molecule has 1 aromatic rings. The van der Waals surface area contributed by atoms with E-state index in [4.69, 9.17) is 0 Å². The minimum atomic E-state index is -0.667. The monoisotopic (exact) mass is 223 g/mol. The molecule has 0 atom stereocenters. The Balaban J connectivity index is 3.41. The normalized spacial score (nSPS) is 11.2. The zero-order valence-electron chi connectivity index (χ0n) is 8.71. The van der Waals surface area contributed by atoms with Crippen LogP contribution in [0.1, 0.15) is 12.5 Å². The fraction of sp³-hybridized carbons (Fsp3) is 0.222. The maximum absolute atomic E-state index is 10.6. The van der Waals surface area contributed by atoms with E-state index < -0.39 is 9.85 Å². The number of nitrogens with zero attached hydrogens (tertiary/aromatic N) is 3. The molecule has 0 aromatic heterocycles. The van der Waals surface area contributed by atoms with E-state index in [0.717, 1.165) is 6.07 Å². The Morgan fingerprint density at radius 3 is 1.88 bits per heavy atom. The molecule has 0 amide bonds. The zero-order chi connectivity index (χ0) is 12.3. The first-order chi connectivity index (χ1) is 7.45. The summed E-state index contributed by atoms with van der Waals surface area (Å²) >= 11 is 0. The van der Waals surface area contributed by atoms with Crippen LogP contribution in [-0.4, -0.2) is 22.6 Å².